The smallest absolute Gasteiger partial charge is 0.488 e. The molecule has 1 aromatic rings. The zero-order valence-electron chi connectivity index (χ0n) is 9.83. The molecule has 0 radical (unpaired) electrons. The van der Waals surface area contributed by atoms with Crippen LogP contribution in [0.4, 0.5) is 4.79 Å². The second-order valence-corrected chi connectivity index (χ2v) is 3.38. The van der Waals surface area contributed by atoms with Crippen molar-refractivity contribution >= 4 is 24.8 Å². The first kappa shape index (κ1) is 14.0. The van der Waals surface area contributed by atoms with Crippen molar-refractivity contribution in [3.05, 3.63) is 23.8 Å². The Labute approximate surface area is 104 Å². The van der Waals surface area contributed by atoms with Crippen LogP contribution in [0.2, 0.25) is 0 Å². The summed E-state index contributed by atoms with van der Waals surface area (Å²) in [5.41, 5.74) is 7.69. The largest absolute Gasteiger partial charge is 0.494 e. The lowest BCUT2D eigenvalue weighted by Gasteiger charge is -2.07. The van der Waals surface area contributed by atoms with Crippen LogP contribution >= 0.6 is 0 Å². The highest BCUT2D eigenvalue weighted by molar-refractivity contribution is 6.58. The molecule has 0 aliphatic rings. The number of primary amides is 1. The number of urea groups is 1. The predicted octanol–water partition coefficient (Wildman–Crippen LogP) is -1.23. The maximum absolute atomic E-state index is 10.4. The summed E-state index contributed by atoms with van der Waals surface area (Å²) in [6, 6.07) is 3.86. The molecule has 0 aliphatic heterocycles. The normalized spacial score (nSPS) is 10.4. The molecule has 5 N–H and O–H groups in total. The van der Waals surface area contributed by atoms with E-state index in [1.54, 1.807) is 6.07 Å². The van der Waals surface area contributed by atoms with Crippen molar-refractivity contribution in [2.75, 3.05) is 6.61 Å². The first-order chi connectivity index (χ1) is 8.52. The highest BCUT2D eigenvalue weighted by atomic mass is 16.5. The molecule has 0 aliphatic carbocycles. The third-order valence-corrected chi connectivity index (χ3v) is 1.95. The van der Waals surface area contributed by atoms with Crippen LogP contribution in [0.25, 0.3) is 0 Å². The van der Waals surface area contributed by atoms with Crippen LogP contribution in [-0.2, 0) is 0 Å². The summed E-state index contributed by atoms with van der Waals surface area (Å²) in [6.45, 7) is 2.26. The number of carbonyl (C=O) groups is 1. The van der Waals surface area contributed by atoms with Crippen LogP contribution < -0.4 is 21.4 Å². The number of nitrogens with two attached hydrogens (primary N) is 1. The van der Waals surface area contributed by atoms with Crippen LogP contribution in [0, 0.1) is 0 Å². The molecule has 7 nitrogen and oxygen atoms in total. The number of nitrogens with zero attached hydrogens (tertiary/aromatic N) is 1. The lowest BCUT2D eigenvalue weighted by Crippen LogP contribution is -2.30. The van der Waals surface area contributed by atoms with Crippen LogP contribution in [0.5, 0.6) is 5.75 Å². The Morgan fingerprint density at radius 2 is 2.28 bits per heavy atom. The summed E-state index contributed by atoms with van der Waals surface area (Å²) in [7, 11) is -1.61. The highest BCUT2D eigenvalue weighted by Crippen LogP contribution is 2.11. The van der Waals surface area contributed by atoms with E-state index >= 15 is 0 Å². The van der Waals surface area contributed by atoms with Gasteiger partial charge >= 0.3 is 13.1 Å². The fourth-order valence-corrected chi connectivity index (χ4v) is 1.29. The average Bonchev–Trinajstić information content (AvgIpc) is 2.28. The van der Waals surface area contributed by atoms with Crippen molar-refractivity contribution in [1.82, 2.24) is 5.43 Å². The van der Waals surface area contributed by atoms with Crippen molar-refractivity contribution in [3.63, 3.8) is 0 Å². The van der Waals surface area contributed by atoms with Crippen LogP contribution in [-0.4, -0.2) is 36.0 Å². The number of rotatable bonds is 5. The van der Waals surface area contributed by atoms with Gasteiger partial charge in [0.2, 0.25) is 0 Å². The molecular weight excluding hydrogens is 237 g/mol. The number of amides is 2. The third kappa shape index (κ3) is 4.44. The maximum atomic E-state index is 10.4. The molecular formula is C10H14BN3O4. The van der Waals surface area contributed by atoms with Gasteiger partial charge in [0, 0.05) is 0 Å². The number of hydrogen-bond donors (Lipinski definition) is 4. The molecule has 0 fully saturated rings. The quantitative estimate of drug-likeness (QED) is 0.297. The molecule has 2 amide bonds. The summed E-state index contributed by atoms with van der Waals surface area (Å²) in [4.78, 5) is 10.4. The van der Waals surface area contributed by atoms with E-state index in [1.165, 1.54) is 18.3 Å². The molecule has 8 heteroatoms. The van der Waals surface area contributed by atoms with Gasteiger partial charge in [-0.1, -0.05) is 6.07 Å². The lowest BCUT2D eigenvalue weighted by molar-refractivity contribution is 0.249. The van der Waals surface area contributed by atoms with E-state index in [9.17, 15) is 4.79 Å². The van der Waals surface area contributed by atoms with E-state index in [4.69, 9.17) is 20.5 Å². The van der Waals surface area contributed by atoms with Gasteiger partial charge in [-0.05, 0) is 30.1 Å². The highest BCUT2D eigenvalue weighted by Gasteiger charge is 2.13. The molecule has 0 heterocycles. The predicted molar refractivity (Wildman–Crippen MR) is 67.7 cm³/mol. The molecule has 0 saturated heterocycles. The molecule has 0 saturated carbocycles. The van der Waals surface area contributed by atoms with Gasteiger partial charge in [-0.25, -0.2) is 10.2 Å². The summed E-state index contributed by atoms with van der Waals surface area (Å²) < 4.78 is 5.27. The molecule has 0 unspecified atom stereocenters. The maximum Gasteiger partial charge on any atom is 0.488 e. The van der Waals surface area contributed by atoms with E-state index in [2.05, 4.69) is 5.10 Å². The van der Waals surface area contributed by atoms with E-state index in [0.29, 0.717) is 17.9 Å². The molecule has 18 heavy (non-hydrogen) atoms. The number of benzene rings is 1. The SMILES string of the molecule is CCOc1cc(C=NNC(N)=O)cc(B(O)O)c1. The van der Waals surface area contributed by atoms with Gasteiger partial charge in [0.15, 0.2) is 0 Å². The Morgan fingerprint density at radius 3 is 2.83 bits per heavy atom. The molecule has 1 aromatic carbocycles. The van der Waals surface area contributed by atoms with E-state index < -0.39 is 13.1 Å². The van der Waals surface area contributed by atoms with E-state index in [-0.39, 0.29) is 5.46 Å². The second kappa shape index (κ2) is 6.62. The molecule has 1 rings (SSSR count). The number of hydrazone groups is 1. The topological polar surface area (TPSA) is 117 Å². The number of carbonyl (C=O) groups excluding carboxylic acids is 1. The van der Waals surface area contributed by atoms with Crippen molar-refractivity contribution in [1.29, 1.82) is 0 Å². The van der Waals surface area contributed by atoms with Crippen molar-refractivity contribution < 1.29 is 19.6 Å². The first-order valence-corrected chi connectivity index (χ1v) is 5.25. The van der Waals surface area contributed by atoms with Gasteiger partial charge in [0.25, 0.3) is 0 Å². The Kier molecular flexibility index (Phi) is 5.16. The van der Waals surface area contributed by atoms with Crippen molar-refractivity contribution in [2.24, 2.45) is 10.8 Å². The van der Waals surface area contributed by atoms with Crippen LogP contribution in [0.15, 0.2) is 23.3 Å². The lowest BCUT2D eigenvalue weighted by atomic mass is 9.79. The van der Waals surface area contributed by atoms with Gasteiger partial charge in [0.1, 0.15) is 5.75 Å². The standard InChI is InChI=1S/C10H14BN3O4/c1-2-18-9-4-7(6-13-14-10(12)15)3-8(5-9)11(16)17/h3-6,16-17H,2H2,1H3,(H3,12,14,15). The number of nitrogens with one attached hydrogen (secondary N) is 1. The zero-order valence-corrected chi connectivity index (χ0v) is 9.83. The molecule has 0 bridgehead atoms. The molecule has 96 valence electrons. The minimum atomic E-state index is -1.61. The summed E-state index contributed by atoms with van der Waals surface area (Å²) in [5.74, 6) is 0.476. The first-order valence-electron chi connectivity index (χ1n) is 5.25. The van der Waals surface area contributed by atoms with Crippen molar-refractivity contribution in [2.45, 2.75) is 6.92 Å². The number of hydrogen-bond acceptors (Lipinski definition) is 5. The average molecular weight is 251 g/mol. The van der Waals surface area contributed by atoms with Gasteiger partial charge in [-0.15, -0.1) is 0 Å². The number of ether oxygens (including phenoxy) is 1. The summed E-state index contributed by atoms with van der Waals surface area (Å²) in [5, 5.41) is 21.8. The Hall–Kier alpha value is -2.06. The van der Waals surface area contributed by atoms with Crippen molar-refractivity contribution in [3.8, 4) is 5.75 Å². The van der Waals surface area contributed by atoms with Crippen LogP contribution in [0.1, 0.15) is 12.5 Å². The Bertz CT molecular complexity index is 451. The molecule has 0 aromatic heterocycles. The third-order valence-electron chi connectivity index (χ3n) is 1.95. The Balaban J connectivity index is 2.95. The van der Waals surface area contributed by atoms with E-state index in [1.807, 2.05) is 12.3 Å². The summed E-state index contributed by atoms with van der Waals surface area (Å²) in [6.07, 6.45) is 1.32. The zero-order chi connectivity index (χ0) is 13.5. The van der Waals surface area contributed by atoms with Crippen LogP contribution in [0.3, 0.4) is 0 Å². The van der Waals surface area contributed by atoms with Gasteiger partial charge < -0.3 is 20.5 Å². The fourth-order valence-electron chi connectivity index (χ4n) is 1.29. The van der Waals surface area contributed by atoms with Gasteiger partial charge in [0.05, 0.1) is 12.8 Å². The molecule has 0 atom stereocenters. The monoisotopic (exact) mass is 251 g/mol. The summed E-state index contributed by atoms with van der Waals surface area (Å²) >= 11 is 0. The molecule has 0 spiro atoms. The second-order valence-electron chi connectivity index (χ2n) is 3.38. The minimum Gasteiger partial charge on any atom is -0.494 e. The Morgan fingerprint density at radius 1 is 1.56 bits per heavy atom. The fraction of sp³-hybridized carbons (Fsp3) is 0.200. The van der Waals surface area contributed by atoms with Gasteiger partial charge in [-0.2, -0.15) is 5.10 Å². The van der Waals surface area contributed by atoms with E-state index in [0.717, 1.165) is 0 Å². The minimum absolute atomic E-state index is 0.265. The van der Waals surface area contributed by atoms with Gasteiger partial charge in [-0.3, -0.25) is 0 Å².